The van der Waals surface area contributed by atoms with Crippen LogP contribution in [0.2, 0.25) is 0 Å². The minimum absolute atomic E-state index is 0.567. The van der Waals surface area contributed by atoms with E-state index < -0.39 is 0 Å². The molecule has 0 saturated carbocycles. The highest BCUT2D eigenvalue weighted by Gasteiger charge is 2.18. The predicted molar refractivity (Wildman–Crippen MR) is 200 cm³/mol. The van der Waals surface area contributed by atoms with E-state index in [1.54, 1.807) is 0 Å². The summed E-state index contributed by atoms with van der Waals surface area (Å²) in [5.74, 6) is 1.78. The molecule has 0 aliphatic carbocycles. The lowest BCUT2D eigenvalue weighted by Gasteiger charge is -2.10. The molecule has 0 aliphatic heterocycles. The second-order valence-electron chi connectivity index (χ2n) is 12.1. The van der Waals surface area contributed by atoms with Crippen molar-refractivity contribution in [2.45, 2.75) is 0 Å². The zero-order valence-corrected chi connectivity index (χ0v) is 26.5. The van der Waals surface area contributed by atoms with Crippen molar-refractivity contribution in [3.63, 3.8) is 0 Å². The van der Waals surface area contributed by atoms with E-state index in [0.717, 1.165) is 55.3 Å². The molecule has 0 amide bonds. The predicted octanol–water partition coefficient (Wildman–Crippen LogP) is 11.8. The number of rotatable bonds is 6. The summed E-state index contributed by atoms with van der Waals surface area (Å²) in [6, 6.07) is 60.5. The highest BCUT2D eigenvalue weighted by molar-refractivity contribution is 6.10. The first-order chi connectivity index (χ1) is 24.3. The Morgan fingerprint density at radius 1 is 0.306 bits per heavy atom. The third kappa shape index (κ3) is 5.45. The van der Waals surface area contributed by atoms with Crippen molar-refractivity contribution in [2.24, 2.45) is 0 Å². The Bertz CT molecular complexity index is 2560. The van der Waals surface area contributed by atoms with Gasteiger partial charge >= 0.3 is 0 Å². The Hall–Kier alpha value is -6.65. The van der Waals surface area contributed by atoms with E-state index in [1.807, 2.05) is 60.7 Å². The molecule has 0 fully saturated rings. The number of benzene rings is 7. The lowest BCUT2D eigenvalue weighted by atomic mass is 9.99. The fraction of sp³-hybridized carbons (Fsp3) is 0. The molecule has 2 heterocycles. The summed E-state index contributed by atoms with van der Waals surface area (Å²) in [6.07, 6.45) is 0. The van der Waals surface area contributed by atoms with Gasteiger partial charge in [0.25, 0.3) is 0 Å². The molecule has 49 heavy (non-hydrogen) atoms. The molecule has 0 radical (unpaired) electrons. The van der Waals surface area contributed by atoms with Crippen LogP contribution in [0.25, 0.3) is 89.5 Å². The highest BCUT2D eigenvalue weighted by Crippen LogP contribution is 2.37. The fourth-order valence-electron chi connectivity index (χ4n) is 6.42. The van der Waals surface area contributed by atoms with Crippen molar-refractivity contribution in [3.05, 3.63) is 176 Å². The molecule has 0 unspecified atom stereocenters. The van der Waals surface area contributed by atoms with Gasteiger partial charge in [-0.2, -0.15) is 0 Å². The number of para-hydroxylation sites is 1. The van der Waals surface area contributed by atoms with Gasteiger partial charge in [0.1, 0.15) is 11.2 Å². The highest BCUT2D eigenvalue weighted by atomic mass is 16.3. The van der Waals surface area contributed by atoms with Crippen molar-refractivity contribution < 1.29 is 4.42 Å². The van der Waals surface area contributed by atoms with Gasteiger partial charge in [-0.25, -0.2) is 15.0 Å². The molecule has 2 aromatic heterocycles. The molecule has 230 valence electrons. The van der Waals surface area contributed by atoms with Crippen molar-refractivity contribution >= 4 is 21.9 Å². The standard InChI is InChI=1S/C45H29N3O/c1-4-11-30(12-5-1)32-19-21-33(22-20-32)34-23-25-36(26-24-34)44-46-43(35-15-8-3-9-16-35)47-45(48-44)39-18-10-17-38-40-29-37(31-13-6-2-7-14-31)27-28-41(40)49-42(38)39/h1-29H. The van der Waals surface area contributed by atoms with Gasteiger partial charge in [0.05, 0.1) is 5.56 Å². The molecular weight excluding hydrogens is 599 g/mol. The molecule has 4 nitrogen and oxygen atoms in total. The van der Waals surface area contributed by atoms with Crippen LogP contribution in [-0.2, 0) is 0 Å². The van der Waals surface area contributed by atoms with Crippen molar-refractivity contribution in [1.82, 2.24) is 15.0 Å². The van der Waals surface area contributed by atoms with Gasteiger partial charge in [-0.15, -0.1) is 0 Å². The summed E-state index contributed by atoms with van der Waals surface area (Å²) >= 11 is 0. The minimum atomic E-state index is 0.567. The van der Waals surface area contributed by atoms with Crippen LogP contribution in [0.1, 0.15) is 0 Å². The van der Waals surface area contributed by atoms with Gasteiger partial charge in [0.15, 0.2) is 17.5 Å². The summed E-state index contributed by atoms with van der Waals surface area (Å²) in [6.45, 7) is 0. The fourth-order valence-corrected chi connectivity index (χ4v) is 6.42. The first-order valence-electron chi connectivity index (χ1n) is 16.4. The zero-order valence-electron chi connectivity index (χ0n) is 26.5. The number of aromatic nitrogens is 3. The quantitative estimate of drug-likeness (QED) is 0.184. The zero-order chi connectivity index (χ0) is 32.6. The van der Waals surface area contributed by atoms with Gasteiger partial charge in [-0.3, -0.25) is 0 Å². The third-order valence-electron chi connectivity index (χ3n) is 8.98. The molecule has 0 N–H and O–H groups in total. The Morgan fingerprint density at radius 3 is 1.31 bits per heavy atom. The van der Waals surface area contributed by atoms with E-state index in [2.05, 4.69) is 115 Å². The molecule has 0 atom stereocenters. The maximum absolute atomic E-state index is 6.52. The number of nitrogens with zero attached hydrogens (tertiary/aromatic N) is 3. The van der Waals surface area contributed by atoms with E-state index in [0.29, 0.717) is 17.5 Å². The number of fused-ring (bicyclic) bond motifs is 3. The third-order valence-corrected chi connectivity index (χ3v) is 8.98. The second-order valence-corrected chi connectivity index (χ2v) is 12.1. The molecule has 0 saturated heterocycles. The van der Waals surface area contributed by atoms with Crippen LogP contribution in [0, 0.1) is 0 Å². The summed E-state index contributed by atoms with van der Waals surface area (Å²) < 4.78 is 6.52. The second kappa shape index (κ2) is 12.2. The molecule has 7 aromatic carbocycles. The van der Waals surface area contributed by atoms with Gasteiger partial charge < -0.3 is 4.42 Å². The summed E-state index contributed by atoms with van der Waals surface area (Å²) in [7, 11) is 0. The lowest BCUT2D eigenvalue weighted by molar-refractivity contribution is 0.669. The number of hydrogen-bond donors (Lipinski definition) is 0. The molecule has 0 aliphatic rings. The Balaban J connectivity index is 1.12. The van der Waals surface area contributed by atoms with Crippen LogP contribution >= 0.6 is 0 Å². The maximum atomic E-state index is 6.52. The normalized spacial score (nSPS) is 11.3. The molecule has 0 bridgehead atoms. The average Bonchev–Trinajstić information content (AvgIpc) is 3.57. The first kappa shape index (κ1) is 28.6. The van der Waals surface area contributed by atoms with Crippen LogP contribution in [0.3, 0.4) is 0 Å². The monoisotopic (exact) mass is 627 g/mol. The topological polar surface area (TPSA) is 51.8 Å². The smallest absolute Gasteiger partial charge is 0.167 e. The lowest BCUT2D eigenvalue weighted by Crippen LogP contribution is -2.00. The van der Waals surface area contributed by atoms with E-state index >= 15 is 0 Å². The molecule has 9 rings (SSSR count). The Morgan fingerprint density at radius 2 is 0.735 bits per heavy atom. The van der Waals surface area contributed by atoms with E-state index in [4.69, 9.17) is 19.4 Å². The van der Waals surface area contributed by atoms with Crippen molar-refractivity contribution in [3.8, 4) is 67.5 Å². The Labute approximate surface area is 284 Å². The van der Waals surface area contributed by atoms with Gasteiger partial charge in [-0.1, -0.05) is 158 Å². The average molecular weight is 628 g/mol. The molecular formula is C45H29N3O. The molecule has 9 aromatic rings. The Kier molecular flexibility index (Phi) is 7.10. The van der Waals surface area contributed by atoms with Crippen molar-refractivity contribution in [2.75, 3.05) is 0 Å². The van der Waals surface area contributed by atoms with Gasteiger partial charge in [-0.05, 0) is 51.6 Å². The summed E-state index contributed by atoms with van der Waals surface area (Å²) in [4.78, 5) is 15.0. The summed E-state index contributed by atoms with van der Waals surface area (Å²) in [5.41, 5.74) is 11.2. The molecule has 0 spiro atoms. The largest absolute Gasteiger partial charge is 0.455 e. The first-order valence-corrected chi connectivity index (χ1v) is 16.4. The summed E-state index contributed by atoms with van der Waals surface area (Å²) in [5, 5.41) is 2.08. The molecule has 4 heteroatoms. The SMILES string of the molecule is c1ccc(-c2ccc(-c3ccc(-c4nc(-c5ccccc5)nc(-c5cccc6c5oc5ccc(-c7ccccc7)cc56)n4)cc3)cc2)cc1. The maximum Gasteiger partial charge on any atom is 0.167 e. The van der Waals surface area contributed by atoms with Gasteiger partial charge in [0, 0.05) is 21.9 Å². The van der Waals surface area contributed by atoms with Crippen molar-refractivity contribution in [1.29, 1.82) is 0 Å². The van der Waals surface area contributed by atoms with Crippen LogP contribution in [-0.4, -0.2) is 15.0 Å². The van der Waals surface area contributed by atoms with Crippen LogP contribution in [0.4, 0.5) is 0 Å². The van der Waals surface area contributed by atoms with Crippen LogP contribution in [0.5, 0.6) is 0 Å². The van der Waals surface area contributed by atoms with Crippen LogP contribution < -0.4 is 0 Å². The van der Waals surface area contributed by atoms with E-state index in [9.17, 15) is 0 Å². The minimum Gasteiger partial charge on any atom is -0.455 e. The van der Waals surface area contributed by atoms with E-state index in [1.165, 1.54) is 16.7 Å². The number of hydrogen-bond acceptors (Lipinski definition) is 4. The van der Waals surface area contributed by atoms with Crippen LogP contribution in [0.15, 0.2) is 180 Å². The van der Waals surface area contributed by atoms with Gasteiger partial charge in [0.2, 0.25) is 0 Å². The van der Waals surface area contributed by atoms with E-state index in [-0.39, 0.29) is 0 Å². The number of furan rings is 1.